The van der Waals surface area contributed by atoms with Gasteiger partial charge in [-0.15, -0.1) is 0 Å². The van der Waals surface area contributed by atoms with Crippen LogP contribution in [0.15, 0.2) is 48.7 Å². The van der Waals surface area contributed by atoms with Crippen LogP contribution in [0.4, 0.5) is 0 Å². The van der Waals surface area contributed by atoms with Gasteiger partial charge in [0.2, 0.25) is 0 Å². The number of ether oxygens (including phenoxy) is 1. The molecular formula is C19H21N3O2. The number of nitrogens with one attached hydrogen (secondary N) is 1. The van der Waals surface area contributed by atoms with Gasteiger partial charge in [0.15, 0.2) is 5.69 Å². The van der Waals surface area contributed by atoms with Crippen molar-refractivity contribution in [3.05, 3.63) is 65.7 Å². The van der Waals surface area contributed by atoms with Gasteiger partial charge >= 0.3 is 0 Å². The molecule has 0 fully saturated rings. The maximum Gasteiger partial charge on any atom is 0.272 e. The van der Waals surface area contributed by atoms with Crippen LogP contribution in [-0.4, -0.2) is 28.9 Å². The standard InChI is InChI=1S/C19H21N3O2/c1-3-17-21-18(16-6-4-5-13-22(16)17)19(23)20-12-11-14-7-9-15(24-2)10-8-14/h4-10,13H,3,11-12H2,1-2H3,(H,20,23). The van der Waals surface area contributed by atoms with Crippen molar-refractivity contribution in [2.24, 2.45) is 0 Å². The Balaban J connectivity index is 1.67. The molecule has 24 heavy (non-hydrogen) atoms. The summed E-state index contributed by atoms with van der Waals surface area (Å²) in [4.78, 5) is 17.0. The fourth-order valence-corrected chi connectivity index (χ4v) is 2.71. The lowest BCUT2D eigenvalue weighted by Gasteiger charge is -2.05. The molecule has 5 heteroatoms. The van der Waals surface area contributed by atoms with E-state index in [1.807, 2.05) is 60.0 Å². The first kappa shape index (κ1) is 16.1. The number of methoxy groups -OCH3 is 1. The lowest BCUT2D eigenvalue weighted by molar-refractivity contribution is 0.0951. The summed E-state index contributed by atoms with van der Waals surface area (Å²) in [7, 11) is 1.65. The largest absolute Gasteiger partial charge is 0.497 e. The third kappa shape index (κ3) is 3.25. The van der Waals surface area contributed by atoms with Crippen LogP contribution in [0.3, 0.4) is 0 Å². The zero-order valence-corrected chi connectivity index (χ0v) is 14.0. The van der Waals surface area contributed by atoms with Crippen LogP contribution in [0.2, 0.25) is 0 Å². The Hall–Kier alpha value is -2.82. The molecule has 0 saturated carbocycles. The van der Waals surface area contributed by atoms with Crippen molar-refractivity contribution in [2.45, 2.75) is 19.8 Å². The number of carbonyl (C=O) groups is 1. The lowest BCUT2D eigenvalue weighted by Crippen LogP contribution is -2.26. The Kier molecular flexibility index (Phi) is 4.79. The van der Waals surface area contributed by atoms with Crippen molar-refractivity contribution in [3.63, 3.8) is 0 Å². The zero-order valence-electron chi connectivity index (χ0n) is 14.0. The fourth-order valence-electron chi connectivity index (χ4n) is 2.71. The topological polar surface area (TPSA) is 55.6 Å². The molecule has 0 saturated heterocycles. The van der Waals surface area contributed by atoms with Gasteiger partial charge in [0, 0.05) is 19.2 Å². The number of aromatic nitrogens is 2. The van der Waals surface area contributed by atoms with Gasteiger partial charge in [-0.05, 0) is 36.2 Å². The van der Waals surface area contributed by atoms with Gasteiger partial charge in [-0.1, -0.05) is 25.1 Å². The fraction of sp³-hybridized carbons (Fsp3) is 0.263. The van der Waals surface area contributed by atoms with Crippen LogP contribution < -0.4 is 10.1 Å². The molecule has 1 aromatic carbocycles. The van der Waals surface area contributed by atoms with Gasteiger partial charge in [-0.3, -0.25) is 4.79 Å². The van der Waals surface area contributed by atoms with E-state index >= 15 is 0 Å². The van der Waals surface area contributed by atoms with E-state index in [9.17, 15) is 4.79 Å². The van der Waals surface area contributed by atoms with Crippen LogP contribution >= 0.6 is 0 Å². The summed E-state index contributed by atoms with van der Waals surface area (Å²) in [6.07, 6.45) is 3.49. The predicted octanol–water partition coefficient (Wildman–Crippen LogP) is 2.88. The number of imidazole rings is 1. The summed E-state index contributed by atoms with van der Waals surface area (Å²) in [6.45, 7) is 2.60. The number of carbonyl (C=O) groups excluding carboxylic acids is 1. The molecule has 0 spiro atoms. The average molecular weight is 323 g/mol. The molecule has 1 N–H and O–H groups in total. The molecule has 1 amide bonds. The normalized spacial score (nSPS) is 10.8. The molecule has 0 atom stereocenters. The summed E-state index contributed by atoms with van der Waals surface area (Å²) < 4.78 is 7.11. The summed E-state index contributed by atoms with van der Waals surface area (Å²) in [5.74, 6) is 1.59. The van der Waals surface area contributed by atoms with E-state index in [1.54, 1.807) is 7.11 Å². The number of fused-ring (bicyclic) bond motifs is 1. The summed E-state index contributed by atoms with van der Waals surface area (Å²) in [6, 6.07) is 13.6. The highest BCUT2D eigenvalue weighted by Crippen LogP contribution is 2.14. The van der Waals surface area contributed by atoms with Gasteiger partial charge in [0.05, 0.1) is 12.6 Å². The molecule has 0 aliphatic rings. The molecule has 5 nitrogen and oxygen atoms in total. The Labute approximate surface area is 141 Å². The van der Waals surface area contributed by atoms with Crippen molar-refractivity contribution in [2.75, 3.05) is 13.7 Å². The first-order valence-electron chi connectivity index (χ1n) is 8.10. The summed E-state index contributed by atoms with van der Waals surface area (Å²) in [5.41, 5.74) is 2.48. The monoisotopic (exact) mass is 323 g/mol. The number of benzene rings is 1. The van der Waals surface area contributed by atoms with Crippen molar-refractivity contribution in [1.29, 1.82) is 0 Å². The third-order valence-electron chi connectivity index (χ3n) is 4.01. The Morgan fingerprint density at radius 3 is 2.71 bits per heavy atom. The second-order valence-corrected chi connectivity index (χ2v) is 5.54. The van der Waals surface area contributed by atoms with E-state index in [0.29, 0.717) is 12.2 Å². The highest BCUT2D eigenvalue weighted by molar-refractivity contribution is 5.99. The Morgan fingerprint density at radius 1 is 1.21 bits per heavy atom. The number of nitrogens with zero attached hydrogens (tertiary/aromatic N) is 2. The summed E-state index contributed by atoms with van der Waals surface area (Å²) >= 11 is 0. The minimum Gasteiger partial charge on any atom is -0.497 e. The van der Waals surface area contributed by atoms with Crippen LogP contribution in [0, 0.1) is 0 Å². The molecule has 2 aromatic heterocycles. The van der Waals surface area contributed by atoms with E-state index in [1.165, 1.54) is 0 Å². The van der Waals surface area contributed by atoms with Crippen molar-refractivity contribution in [1.82, 2.24) is 14.7 Å². The zero-order chi connectivity index (χ0) is 16.9. The van der Waals surface area contributed by atoms with E-state index in [-0.39, 0.29) is 5.91 Å². The second kappa shape index (κ2) is 7.17. The molecule has 3 rings (SSSR count). The Bertz CT molecular complexity index is 837. The quantitative estimate of drug-likeness (QED) is 0.759. The minimum atomic E-state index is -0.132. The first-order valence-corrected chi connectivity index (χ1v) is 8.10. The molecular weight excluding hydrogens is 302 g/mol. The van der Waals surface area contributed by atoms with Gasteiger partial charge in [-0.25, -0.2) is 4.98 Å². The smallest absolute Gasteiger partial charge is 0.272 e. The predicted molar refractivity (Wildman–Crippen MR) is 93.6 cm³/mol. The van der Waals surface area contributed by atoms with Crippen molar-refractivity contribution >= 4 is 11.4 Å². The Morgan fingerprint density at radius 2 is 2.00 bits per heavy atom. The van der Waals surface area contributed by atoms with E-state index in [2.05, 4.69) is 10.3 Å². The van der Waals surface area contributed by atoms with Crippen LogP contribution in [0.1, 0.15) is 28.8 Å². The molecule has 0 aliphatic carbocycles. The molecule has 124 valence electrons. The number of rotatable bonds is 6. The maximum absolute atomic E-state index is 12.5. The number of amides is 1. The maximum atomic E-state index is 12.5. The minimum absolute atomic E-state index is 0.132. The highest BCUT2D eigenvalue weighted by Gasteiger charge is 2.15. The van der Waals surface area contributed by atoms with E-state index in [4.69, 9.17) is 4.74 Å². The van der Waals surface area contributed by atoms with Crippen LogP contribution in [-0.2, 0) is 12.8 Å². The van der Waals surface area contributed by atoms with Gasteiger partial charge in [0.1, 0.15) is 11.6 Å². The van der Waals surface area contributed by atoms with Crippen LogP contribution in [0.5, 0.6) is 5.75 Å². The third-order valence-corrected chi connectivity index (χ3v) is 4.01. The molecule has 0 radical (unpaired) electrons. The van der Waals surface area contributed by atoms with Gasteiger partial charge in [0.25, 0.3) is 5.91 Å². The first-order chi connectivity index (χ1) is 11.7. The molecule has 3 aromatic rings. The number of pyridine rings is 1. The second-order valence-electron chi connectivity index (χ2n) is 5.54. The lowest BCUT2D eigenvalue weighted by atomic mass is 10.1. The molecule has 0 bridgehead atoms. The van der Waals surface area contributed by atoms with E-state index < -0.39 is 0 Å². The SMILES string of the molecule is CCc1nc(C(=O)NCCc2ccc(OC)cc2)c2ccccn12. The van der Waals surface area contributed by atoms with Gasteiger partial charge in [-0.2, -0.15) is 0 Å². The average Bonchev–Trinajstić information content (AvgIpc) is 3.01. The number of hydrogen-bond donors (Lipinski definition) is 1. The van der Waals surface area contributed by atoms with Crippen molar-refractivity contribution in [3.8, 4) is 5.75 Å². The molecule has 0 aliphatic heterocycles. The molecule has 0 unspecified atom stereocenters. The van der Waals surface area contributed by atoms with Crippen molar-refractivity contribution < 1.29 is 9.53 Å². The number of aryl methyl sites for hydroxylation is 1. The van der Waals surface area contributed by atoms with Crippen LogP contribution in [0.25, 0.3) is 5.52 Å². The summed E-state index contributed by atoms with van der Waals surface area (Å²) in [5, 5.41) is 2.96. The number of hydrogen-bond acceptors (Lipinski definition) is 3. The van der Waals surface area contributed by atoms with Gasteiger partial charge < -0.3 is 14.5 Å². The highest BCUT2D eigenvalue weighted by atomic mass is 16.5. The molecule has 2 heterocycles. The van der Waals surface area contributed by atoms with E-state index in [0.717, 1.165) is 35.5 Å².